The Hall–Kier alpha value is -1.15. The number of esters is 1. The third kappa shape index (κ3) is 2.96. The van der Waals surface area contributed by atoms with E-state index in [1.54, 1.807) is 5.40 Å². The minimum Gasteiger partial charge on any atom is -0.465 e. The molecule has 0 aliphatic heterocycles. The molecular formula is C6H8N2O2S. The second-order valence-electron chi connectivity index (χ2n) is 1.70. The number of allylic oxidation sites excluding steroid dienone is 1. The van der Waals surface area contributed by atoms with Crippen molar-refractivity contribution < 1.29 is 9.53 Å². The topological polar surface area (TPSA) is 76.1 Å². The molecule has 0 saturated heterocycles. The molecular weight excluding hydrogens is 164 g/mol. The average molecular weight is 172 g/mol. The van der Waals surface area contributed by atoms with Gasteiger partial charge in [-0.2, -0.15) is 5.26 Å². The van der Waals surface area contributed by atoms with Gasteiger partial charge in [0.1, 0.15) is 10.3 Å². The van der Waals surface area contributed by atoms with Crippen LogP contribution in [-0.2, 0) is 9.53 Å². The van der Waals surface area contributed by atoms with Gasteiger partial charge in [0.25, 0.3) is 0 Å². The fourth-order valence-corrected chi connectivity index (χ4v) is 0.840. The standard InChI is InChI=1S/C6H8N2O2S/c1-4(8)5(11-3-7)6(9)10-2/h8H2,1-2H3/b5-4-. The largest absolute Gasteiger partial charge is 0.465 e. The number of thioether (sulfide) groups is 1. The molecule has 0 rings (SSSR count). The fraction of sp³-hybridized carbons (Fsp3) is 0.333. The quantitative estimate of drug-likeness (QED) is 0.374. The predicted molar refractivity (Wildman–Crippen MR) is 42.1 cm³/mol. The van der Waals surface area contributed by atoms with Crippen molar-refractivity contribution in [1.82, 2.24) is 0 Å². The number of rotatable bonds is 2. The summed E-state index contributed by atoms with van der Waals surface area (Å²) in [7, 11) is 1.24. The maximum atomic E-state index is 10.8. The molecule has 0 aliphatic rings. The number of nitriles is 1. The molecule has 2 N–H and O–H groups in total. The average Bonchev–Trinajstić information content (AvgIpc) is 1.98. The first kappa shape index (κ1) is 9.85. The SMILES string of the molecule is COC(=O)/C(SC#N)=C(\C)N. The van der Waals surface area contributed by atoms with Crippen molar-refractivity contribution in [2.45, 2.75) is 6.92 Å². The molecule has 0 bridgehead atoms. The molecule has 0 aromatic carbocycles. The molecule has 4 nitrogen and oxygen atoms in total. The number of nitrogens with two attached hydrogens (primary N) is 1. The molecule has 0 heterocycles. The minimum absolute atomic E-state index is 0.148. The van der Waals surface area contributed by atoms with Crippen molar-refractivity contribution in [2.75, 3.05) is 7.11 Å². The summed E-state index contributed by atoms with van der Waals surface area (Å²) in [6.45, 7) is 1.54. The number of hydrogen-bond acceptors (Lipinski definition) is 5. The van der Waals surface area contributed by atoms with Crippen molar-refractivity contribution in [2.24, 2.45) is 5.73 Å². The van der Waals surface area contributed by atoms with E-state index >= 15 is 0 Å². The minimum atomic E-state index is -0.573. The van der Waals surface area contributed by atoms with Crippen LogP contribution in [0.15, 0.2) is 10.6 Å². The Kier molecular flexibility index (Phi) is 4.15. The van der Waals surface area contributed by atoms with E-state index < -0.39 is 5.97 Å². The Morgan fingerprint density at radius 2 is 2.27 bits per heavy atom. The summed E-state index contributed by atoms with van der Waals surface area (Å²) in [6.07, 6.45) is 0. The lowest BCUT2D eigenvalue weighted by Crippen LogP contribution is -2.07. The second-order valence-corrected chi connectivity index (χ2v) is 2.49. The van der Waals surface area contributed by atoms with Crippen LogP contribution in [-0.4, -0.2) is 13.1 Å². The molecule has 0 radical (unpaired) electrons. The third-order valence-electron chi connectivity index (χ3n) is 0.877. The van der Waals surface area contributed by atoms with Crippen LogP contribution in [0.2, 0.25) is 0 Å². The van der Waals surface area contributed by atoms with Crippen LogP contribution in [0.25, 0.3) is 0 Å². The van der Waals surface area contributed by atoms with Crippen LogP contribution < -0.4 is 5.73 Å². The highest BCUT2D eigenvalue weighted by Gasteiger charge is 2.11. The van der Waals surface area contributed by atoms with Gasteiger partial charge in [-0.15, -0.1) is 0 Å². The molecule has 0 aromatic rings. The van der Waals surface area contributed by atoms with Crippen LogP contribution in [0, 0.1) is 10.7 Å². The smallest absolute Gasteiger partial charge is 0.347 e. The van der Waals surface area contributed by atoms with Crippen molar-refractivity contribution in [3.63, 3.8) is 0 Å². The lowest BCUT2D eigenvalue weighted by molar-refractivity contribution is -0.135. The monoisotopic (exact) mass is 172 g/mol. The number of carbonyl (C=O) groups is 1. The highest BCUT2D eigenvalue weighted by molar-refractivity contribution is 8.08. The van der Waals surface area contributed by atoms with E-state index in [-0.39, 0.29) is 4.91 Å². The molecule has 0 unspecified atom stereocenters. The van der Waals surface area contributed by atoms with Gasteiger partial charge in [0.05, 0.1) is 7.11 Å². The van der Waals surface area contributed by atoms with E-state index in [4.69, 9.17) is 11.0 Å². The van der Waals surface area contributed by atoms with Crippen LogP contribution in [0.4, 0.5) is 0 Å². The van der Waals surface area contributed by atoms with E-state index in [2.05, 4.69) is 4.74 Å². The number of hydrogen-bond donors (Lipinski definition) is 1. The molecule has 0 amide bonds. The van der Waals surface area contributed by atoms with E-state index in [0.29, 0.717) is 17.5 Å². The summed E-state index contributed by atoms with van der Waals surface area (Å²) in [4.78, 5) is 11.0. The first-order valence-corrected chi connectivity index (χ1v) is 3.55. The summed E-state index contributed by atoms with van der Waals surface area (Å²) >= 11 is 0.703. The van der Waals surface area contributed by atoms with Gasteiger partial charge in [-0.1, -0.05) is 0 Å². The van der Waals surface area contributed by atoms with E-state index in [9.17, 15) is 4.79 Å². The van der Waals surface area contributed by atoms with E-state index in [1.807, 2.05) is 0 Å². The van der Waals surface area contributed by atoms with Gasteiger partial charge in [0.15, 0.2) is 0 Å². The van der Waals surface area contributed by atoms with Crippen molar-refractivity contribution >= 4 is 17.7 Å². The molecule has 60 valence electrons. The molecule has 0 aliphatic carbocycles. The normalized spacial score (nSPS) is 11.4. The van der Waals surface area contributed by atoms with Gasteiger partial charge < -0.3 is 10.5 Å². The number of carbonyl (C=O) groups excluding carboxylic acids is 1. The van der Waals surface area contributed by atoms with E-state index in [0.717, 1.165) is 0 Å². The van der Waals surface area contributed by atoms with Gasteiger partial charge in [0, 0.05) is 5.70 Å². The van der Waals surface area contributed by atoms with Crippen LogP contribution in [0.5, 0.6) is 0 Å². The van der Waals surface area contributed by atoms with E-state index in [1.165, 1.54) is 14.0 Å². The van der Waals surface area contributed by atoms with Crippen LogP contribution in [0.3, 0.4) is 0 Å². The van der Waals surface area contributed by atoms with Crippen molar-refractivity contribution in [3.8, 4) is 5.40 Å². The zero-order chi connectivity index (χ0) is 8.85. The Labute approximate surface area is 69.0 Å². The predicted octanol–water partition coefficient (Wildman–Crippen LogP) is 0.564. The Bertz CT molecular complexity index is 225. The summed E-state index contributed by atoms with van der Waals surface area (Å²) < 4.78 is 4.38. The van der Waals surface area contributed by atoms with Crippen LogP contribution in [0.1, 0.15) is 6.92 Å². The molecule has 0 saturated carbocycles. The summed E-state index contributed by atoms with van der Waals surface area (Å²) in [5.74, 6) is -0.573. The molecule has 0 atom stereocenters. The van der Waals surface area contributed by atoms with Gasteiger partial charge in [-0.3, -0.25) is 0 Å². The Morgan fingerprint density at radius 3 is 2.55 bits per heavy atom. The highest BCUT2D eigenvalue weighted by Crippen LogP contribution is 2.16. The molecule has 5 heteroatoms. The lowest BCUT2D eigenvalue weighted by atomic mass is 10.4. The molecule has 11 heavy (non-hydrogen) atoms. The third-order valence-corrected chi connectivity index (χ3v) is 1.66. The first-order chi connectivity index (χ1) is 5.13. The number of nitrogens with zero attached hydrogens (tertiary/aromatic N) is 1. The molecule has 0 fully saturated rings. The van der Waals surface area contributed by atoms with Gasteiger partial charge >= 0.3 is 5.97 Å². The van der Waals surface area contributed by atoms with Gasteiger partial charge in [0.2, 0.25) is 0 Å². The molecule has 0 aromatic heterocycles. The second kappa shape index (κ2) is 4.63. The summed E-state index contributed by atoms with van der Waals surface area (Å²) in [6, 6.07) is 0. The zero-order valence-electron chi connectivity index (χ0n) is 6.25. The number of methoxy groups -OCH3 is 1. The number of ether oxygens (including phenoxy) is 1. The van der Waals surface area contributed by atoms with Crippen molar-refractivity contribution in [3.05, 3.63) is 10.6 Å². The number of thiocyanates is 1. The van der Waals surface area contributed by atoms with Gasteiger partial charge in [-0.25, -0.2) is 4.79 Å². The van der Waals surface area contributed by atoms with Crippen LogP contribution >= 0.6 is 11.8 Å². The van der Waals surface area contributed by atoms with Gasteiger partial charge in [-0.05, 0) is 18.7 Å². The summed E-state index contributed by atoms with van der Waals surface area (Å²) in [5.41, 5.74) is 5.60. The Morgan fingerprint density at radius 1 is 1.73 bits per heavy atom. The first-order valence-electron chi connectivity index (χ1n) is 2.74. The van der Waals surface area contributed by atoms with Crippen molar-refractivity contribution in [1.29, 1.82) is 5.26 Å². The molecule has 0 spiro atoms. The Balaban J connectivity index is 4.52. The zero-order valence-corrected chi connectivity index (χ0v) is 7.07. The highest BCUT2D eigenvalue weighted by atomic mass is 32.2. The maximum absolute atomic E-state index is 10.8. The summed E-state index contributed by atoms with van der Waals surface area (Å²) in [5, 5.41) is 9.99. The maximum Gasteiger partial charge on any atom is 0.347 e. The lowest BCUT2D eigenvalue weighted by Gasteiger charge is -2.00. The fourth-order valence-electron chi connectivity index (χ4n) is 0.421.